The van der Waals surface area contributed by atoms with Crippen molar-refractivity contribution >= 4 is 33.8 Å². The first-order valence-corrected chi connectivity index (χ1v) is 14.1. The third-order valence-electron chi connectivity index (χ3n) is 5.63. The lowest BCUT2D eigenvalue weighted by molar-refractivity contribution is -0.134. The molecule has 2 aromatic rings. The van der Waals surface area contributed by atoms with E-state index in [-0.39, 0.29) is 5.91 Å². The molecular formula is C25H30N4O3S2. The molecule has 1 N–H and O–H groups in total. The van der Waals surface area contributed by atoms with E-state index in [2.05, 4.69) is 15.7 Å². The van der Waals surface area contributed by atoms with Crippen LogP contribution in [-0.4, -0.2) is 68.4 Å². The molecule has 1 amide bonds. The molecule has 1 aliphatic rings. The molecule has 1 heterocycles. The molecule has 3 rings (SSSR count). The number of amides is 1. The molecule has 0 radical (unpaired) electrons. The second-order valence-electron chi connectivity index (χ2n) is 8.12. The molecule has 0 saturated carbocycles. The molecule has 1 atom stereocenters. The van der Waals surface area contributed by atoms with Crippen molar-refractivity contribution in [3.8, 4) is 6.07 Å². The topological polar surface area (TPSA) is 93.5 Å². The van der Waals surface area contributed by atoms with Crippen LogP contribution < -0.4 is 4.72 Å². The van der Waals surface area contributed by atoms with Crippen molar-refractivity contribution in [2.75, 3.05) is 38.2 Å². The van der Waals surface area contributed by atoms with Gasteiger partial charge in [-0.2, -0.15) is 21.7 Å². The van der Waals surface area contributed by atoms with Crippen LogP contribution in [0.25, 0.3) is 6.08 Å². The van der Waals surface area contributed by atoms with E-state index in [0.717, 1.165) is 23.1 Å². The third kappa shape index (κ3) is 7.99. The van der Waals surface area contributed by atoms with Crippen molar-refractivity contribution < 1.29 is 13.2 Å². The van der Waals surface area contributed by atoms with Gasteiger partial charge in [0.05, 0.1) is 11.6 Å². The molecule has 9 heteroatoms. The van der Waals surface area contributed by atoms with Crippen LogP contribution in [0.15, 0.2) is 60.0 Å². The highest BCUT2D eigenvalue weighted by atomic mass is 32.2. The van der Waals surface area contributed by atoms with Crippen molar-refractivity contribution in [1.82, 2.24) is 14.5 Å². The Morgan fingerprint density at radius 2 is 1.79 bits per heavy atom. The Morgan fingerprint density at radius 3 is 2.41 bits per heavy atom. The van der Waals surface area contributed by atoms with Crippen LogP contribution in [-0.2, 0) is 21.4 Å². The average Bonchev–Trinajstić information content (AvgIpc) is 2.86. The van der Waals surface area contributed by atoms with Gasteiger partial charge in [-0.3, -0.25) is 9.69 Å². The lowest BCUT2D eigenvalue weighted by Crippen LogP contribution is -2.54. The summed E-state index contributed by atoms with van der Waals surface area (Å²) in [5.41, 5.74) is 2.53. The summed E-state index contributed by atoms with van der Waals surface area (Å²) in [6.07, 6.45) is 3.90. The van der Waals surface area contributed by atoms with Crippen molar-refractivity contribution in [2.45, 2.75) is 19.0 Å². The van der Waals surface area contributed by atoms with Gasteiger partial charge in [-0.15, -0.1) is 0 Å². The number of nitriles is 1. The molecule has 1 fully saturated rings. The fourth-order valence-electron chi connectivity index (χ4n) is 3.73. The van der Waals surface area contributed by atoms with Crippen LogP contribution in [0.4, 0.5) is 0 Å². The summed E-state index contributed by atoms with van der Waals surface area (Å²) in [5.74, 6) is 0.503. The maximum atomic E-state index is 13.2. The minimum atomic E-state index is -3.77. The fraction of sp³-hybridized carbons (Fsp3) is 0.360. The number of rotatable bonds is 10. The number of carbonyl (C=O) groups is 1. The number of sulfonamides is 1. The molecule has 1 saturated heterocycles. The van der Waals surface area contributed by atoms with Crippen LogP contribution >= 0.6 is 11.8 Å². The van der Waals surface area contributed by atoms with E-state index in [9.17, 15) is 13.2 Å². The second-order valence-corrected chi connectivity index (χ2v) is 10.7. The standard InChI is InChI=1S/C25H30N4O3S2/c1-33-17-11-24(27-34(31,32)18-12-21-5-3-2-4-6-21)25(30)29-15-13-28(14-16-29)20-23-9-7-22(19-26)8-10-23/h2-10,12,18,24,27H,11,13-17,20H2,1H3/b18-12+. The molecule has 2 aromatic carbocycles. The normalized spacial score (nSPS) is 15.8. The van der Waals surface area contributed by atoms with Crippen LogP contribution in [0.2, 0.25) is 0 Å². The van der Waals surface area contributed by atoms with Crippen LogP contribution in [0.3, 0.4) is 0 Å². The van der Waals surface area contributed by atoms with Gasteiger partial charge in [-0.25, -0.2) is 8.42 Å². The van der Waals surface area contributed by atoms with E-state index in [4.69, 9.17) is 5.26 Å². The Hall–Kier alpha value is -2.64. The Kier molecular flexibility index (Phi) is 9.72. The summed E-state index contributed by atoms with van der Waals surface area (Å²) in [4.78, 5) is 17.2. The number of nitrogens with one attached hydrogen (secondary N) is 1. The highest BCUT2D eigenvalue weighted by molar-refractivity contribution is 7.98. The highest BCUT2D eigenvalue weighted by Gasteiger charge is 2.29. The van der Waals surface area contributed by atoms with Crippen molar-refractivity contribution in [3.63, 3.8) is 0 Å². The molecule has 0 aliphatic carbocycles. The van der Waals surface area contributed by atoms with Crippen molar-refractivity contribution in [1.29, 1.82) is 5.26 Å². The largest absolute Gasteiger partial charge is 0.339 e. The third-order valence-corrected chi connectivity index (χ3v) is 7.38. The van der Waals surface area contributed by atoms with Gasteiger partial charge in [-0.1, -0.05) is 42.5 Å². The zero-order valence-corrected chi connectivity index (χ0v) is 20.9. The molecule has 1 aliphatic heterocycles. The Bertz CT molecular complexity index is 1110. The number of hydrogen-bond acceptors (Lipinski definition) is 6. The monoisotopic (exact) mass is 498 g/mol. The van der Waals surface area contributed by atoms with E-state index < -0.39 is 16.1 Å². The highest BCUT2D eigenvalue weighted by Crippen LogP contribution is 2.13. The van der Waals surface area contributed by atoms with Gasteiger partial charge in [0.25, 0.3) is 0 Å². The minimum absolute atomic E-state index is 0.177. The summed E-state index contributed by atoms with van der Waals surface area (Å²) >= 11 is 1.58. The Balaban J connectivity index is 1.58. The molecule has 7 nitrogen and oxygen atoms in total. The van der Waals surface area contributed by atoms with E-state index in [1.807, 2.05) is 60.9 Å². The SMILES string of the molecule is CSCCC(NS(=O)(=O)/C=C/c1ccccc1)C(=O)N1CCN(Cc2ccc(C#N)cc2)CC1. The van der Waals surface area contributed by atoms with Gasteiger partial charge >= 0.3 is 0 Å². The second kappa shape index (κ2) is 12.7. The first-order chi connectivity index (χ1) is 16.4. The number of piperazine rings is 1. The Labute approximate surface area is 206 Å². The van der Waals surface area contributed by atoms with Gasteiger partial charge < -0.3 is 4.90 Å². The maximum Gasteiger partial charge on any atom is 0.240 e. The Morgan fingerprint density at radius 1 is 1.12 bits per heavy atom. The molecular weight excluding hydrogens is 468 g/mol. The first-order valence-electron chi connectivity index (χ1n) is 11.1. The zero-order valence-electron chi connectivity index (χ0n) is 19.3. The maximum absolute atomic E-state index is 13.2. The summed E-state index contributed by atoms with van der Waals surface area (Å²) in [7, 11) is -3.77. The summed E-state index contributed by atoms with van der Waals surface area (Å²) in [6.45, 7) is 3.27. The molecule has 0 bridgehead atoms. The molecule has 0 spiro atoms. The number of thioether (sulfide) groups is 1. The predicted molar refractivity (Wildman–Crippen MR) is 137 cm³/mol. The van der Waals surface area contributed by atoms with Crippen LogP contribution in [0.5, 0.6) is 0 Å². The first kappa shape index (κ1) is 26.0. The number of carbonyl (C=O) groups excluding carboxylic acids is 1. The van der Waals surface area contributed by atoms with Gasteiger partial charge in [0.1, 0.15) is 6.04 Å². The van der Waals surface area contributed by atoms with Gasteiger partial charge in [0.2, 0.25) is 15.9 Å². The smallest absolute Gasteiger partial charge is 0.240 e. The van der Waals surface area contributed by atoms with E-state index in [0.29, 0.717) is 43.9 Å². The van der Waals surface area contributed by atoms with Gasteiger partial charge in [0.15, 0.2) is 0 Å². The van der Waals surface area contributed by atoms with E-state index in [1.54, 1.807) is 16.7 Å². The van der Waals surface area contributed by atoms with Gasteiger partial charge in [-0.05, 0) is 47.8 Å². The molecule has 180 valence electrons. The molecule has 1 unspecified atom stereocenters. The quantitative estimate of drug-likeness (QED) is 0.541. The summed E-state index contributed by atoms with van der Waals surface area (Å²) in [6, 6.07) is 18.0. The van der Waals surface area contributed by atoms with Crippen molar-refractivity contribution in [2.24, 2.45) is 0 Å². The van der Waals surface area contributed by atoms with E-state index >= 15 is 0 Å². The van der Waals surface area contributed by atoms with Gasteiger partial charge in [0, 0.05) is 38.1 Å². The van der Waals surface area contributed by atoms with Crippen molar-refractivity contribution in [3.05, 3.63) is 76.7 Å². The summed E-state index contributed by atoms with van der Waals surface area (Å²) in [5, 5.41) is 10.1. The average molecular weight is 499 g/mol. The zero-order chi connectivity index (χ0) is 24.4. The minimum Gasteiger partial charge on any atom is -0.339 e. The molecule has 0 aromatic heterocycles. The van der Waals surface area contributed by atoms with Crippen LogP contribution in [0.1, 0.15) is 23.1 Å². The molecule has 34 heavy (non-hydrogen) atoms. The fourth-order valence-corrected chi connectivity index (χ4v) is 5.23. The number of hydrogen-bond donors (Lipinski definition) is 1. The lowest BCUT2D eigenvalue weighted by atomic mass is 10.1. The summed E-state index contributed by atoms with van der Waals surface area (Å²) < 4.78 is 27.9. The predicted octanol–water partition coefficient (Wildman–Crippen LogP) is 2.91. The number of nitrogens with zero attached hydrogens (tertiary/aromatic N) is 3. The number of benzene rings is 2. The van der Waals surface area contributed by atoms with Crippen LogP contribution in [0, 0.1) is 11.3 Å². The lowest BCUT2D eigenvalue weighted by Gasteiger charge is -2.36. The van der Waals surface area contributed by atoms with E-state index in [1.165, 1.54) is 6.08 Å².